The third-order valence-corrected chi connectivity index (χ3v) is 13.5. The van der Waals surface area contributed by atoms with E-state index in [9.17, 15) is 40.7 Å². The van der Waals surface area contributed by atoms with Gasteiger partial charge in [-0.25, -0.2) is 14.8 Å². The second kappa shape index (κ2) is 28.5. The summed E-state index contributed by atoms with van der Waals surface area (Å²) >= 11 is 1.28. The number of nitrogens with one attached hydrogen (secondary N) is 2. The summed E-state index contributed by atoms with van der Waals surface area (Å²) in [6, 6.07) is 1.95. The summed E-state index contributed by atoms with van der Waals surface area (Å²) in [6.45, 7) is 15.8. The molecule has 0 spiro atoms. The van der Waals surface area contributed by atoms with Gasteiger partial charge < -0.3 is 34.9 Å². The highest BCUT2D eigenvalue weighted by Gasteiger charge is 2.35. The van der Waals surface area contributed by atoms with E-state index in [4.69, 9.17) is 25.0 Å². The van der Waals surface area contributed by atoms with Crippen molar-refractivity contribution in [1.82, 2.24) is 35.1 Å². The fourth-order valence-electron chi connectivity index (χ4n) is 8.27. The number of hydrogen-bond acceptors (Lipinski definition) is 12. The maximum Gasteiger partial charge on any atom is 0.457 e. The van der Waals surface area contributed by atoms with E-state index in [0.29, 0.717) is 77.6 Å². The lowest BCUT2D eigenvalue weighted by atomic mass is 9.85. The van der Waals surface area contributed by atoms with Crippen molar-refractivity contribution in [1.29, 1.82) is 0 Å². The minimum absolute atomic E-state index is 0.0154. The van der Waals surface area contributed by atoms with Crippen LogP contribution >= 0.6 is 11.3 Å². The van der Waals surface area contributed by atoms with Gasteiger partial charge in [0.25, 0.3) is 0 Å². The van der Waals surface area contributed by atoms with Gasteiger partial charge in [0, 0.05) is 117 Å². The SMILES string of the molecule is C=C(C=N/C(=C/c1c2c3cc(c(F)cc3n1CC(F)(F)F)-c1csc(n1)CCC(=O)N1CCCC(N1)C(=O)OCC(C)(C)C2)C(C)OC)N1CCN(C)CC1.CC(C)CC(N)=O.CNC=O.FC(F)(F)C#CC1CCC1. The van der Waals surface area contributed by atoms with Gasteiger partial charge in [0.15, 0.2) is 0 Å². The number of hydrazine groups is 1. The van der Waals surface area contributed by atoms with Gasteiger partial charge in [-0.05, 0) is 75.8 Å². The van der Waals surface area contributed by atoms with E-state index in [1.54, 1.807) is 37.7 Å². The number of cyclic esters (lactones) is 1. The molecule has 15 nitrogen and oxygen atoms in total. The van der Waals surface area contributed by atoms with Crippen LogP contribution in [0.15, 0.2) is 40.5 Å². The van der Waals surface area contributed by atoms with Gasteiger partial charge in [0.2, 0.25) is 18.2 Å². The van der Waals surface area contributed by atoms with Crippen molar-refractivity contribution in [3.05, 3.63) is 57.6 Å². The number of hydrogen-bond donors (Lipinski definition) is 3. The highest BCUT2D eigenvalue weighted by molar-refractivity contribution is 7.10. The van der Waals surface area contributed by atoms with E-state index in [0.717, 1.165) is 56.1 Å². The summed E-state index contributed by atoms with van der Waals surface area (Å²) in [5.74, 6) is 2.20. The van der Waals surface area contributed by atoms with Crippen LogP contribution in [0.1, 0.15) is 95.8 Å². The fraction of sp³-hybridized carbons (Fsp3) is 0.585. The molecule has 2 unspecified atom stereocenters. The average molecular weight is 1100 g/mol. The standard InChI is InChI=1S/C39H49F4N7O4S.C7H7F3.C5H11NO.C2H5NO/c1-24(48-14-12-47(5)13-15-48)20-44-31(25(2)53-6)18-34-28-19-38(3,4)23-54-37(52)30-8-7-11-50(46-30)36(51)10-9-35-45-32(21-55-35)27-16-26(28)33(17-29(27)40)49(34)22-39(41,42)43;8-7(9,10)5-4-6-2-1-3-6;1-4(2)3-5(6)7;1-3-2-4/h16-18,20-21,25,30,46H,1,7-15,19,22-23H2,2-6H3;6H,1-3H2;4H,3H2,1-2H3,(H2,6,7);2H,1H3,(H,3,4)/b31-18+,44-20?;;;. The molecule has 3 aromatic rings. The van der Waals surface area contributed by atoms with Crippen LogP contribution in [0.2, 0.25) is 0 Å². The van der Waals surface area contributed by atoms with Crippen molar-refractivity contribution < 1.29 is 59.4 Å². The number of nitrogens with two attached hydrogens (primary N) is 1. The number of carbonyl (C=O) groups is 4. The van der Waals surface area contributed by atoms with E-state index in [2.05, 4.69) is 38.0 Å². The van der Waals surface area contributed by atoms with Crippen molar-refractivity contribution in [2.24, 2.45) is 28.0 Å². The molecule has 6 bridgehead atoms. The molecule has 2 saturated heterocycles. The number of carbonyl (C=O) groups excluding carboxylic acids is 4. The van der Waals surface area contributed by atoms with Gasteiger partial charge in [-0.1, -0.05) is 46.6 Å². The minimum atomic E-state index is -4.66. The molecule has 3 amide bonds. The maximum atomic E-state index is 16.2. The number of ether oxygens (including phenoxy) is 2. The molecule has 4 N–H and O–H groups in total. The van der Waals surface area contributed by atoms with Gasteiger partial charge in [0.05, 0.1) is 34.6 Å². The van der Waals surface area contributed by atoms with Crippen LogP contribution in [0.25, 0.3) is 28.2 Å². The third-order valence-electron chi connectivity index (χ3n) is 12.6. The van der Waals surface area contributed by atoms with Crippen LogP contribution in [-0.4, -0.2) is 140 Å². The van der Waals surface area contributed by atoms with Crippen molar-refractivity contribution in [3.63, 3.8) is 0 Å². The first-order valence-corrected chi connectivity index (χ1v) is 26.0. The van der Waals surface area contributed by atoms with E-state index < -0.39 is 48.2 Å². The molecule has 4 aliphatic rings. The van der Waals surface area contributed by atoms with Crippen LogP contribution < -0.4 is 16.5 Å². The number of aliphatic imine (C=N–C) groups is 1. The summed E-state index contributed by atoms with van der Waals surface area (Å²) in [4.78, 5) is 59.2. The second-order valence-corrected chi connectivity index (χ2v) is 21.2. The van der Waals surface area contributed by atoms with E-state index >= 15 is 4.39 Å². The highest BCUT2D eigenvalue weighted by atomic mass is 32.1. The molecule has 2 atom stereocenters. The first-order valence-electron chi connectivity index (χ1n) is 25.1. The molecule has 3 aliphatic heterocycles. The maximum absolute atomic E-state index is 16.2. The molecule has 3 fully saturated rings. The highest BCUT2D eigenvalue weighted by Crippen LogP contribution is 2.40. The van der Waals surface area contributed by atoms with Crippen LogP contribution in [0.5, 0.6) is 0 Å². The Hall–Kier alpha value is -5.83. The fourth-order valence-corrected chi connectivity index (χ4v) is 9.07. The summed E-state index contributed by atoms with van der Waals surface area (Å²) in [5, 5.41) is 6.39. The van der Waals surface area contributed by atoms with Gasteiger partial charge >= 0.3 is 18.3 Å². The number of esters is 1. The van der Waals surface area contributed by atoms with E-state index in [-0.39, 0.29) is 54.0 Å². The summed E-state index contributed by atoms with van der Waals surface area (Å²) in [7, 11) is 5.10. The van der Waals surface area contributed by atoms with Crippen LogP contribution in [-0.2, 0) is 48.0 Å². The lowest BCUT2D eigenvalue weighted by Crippen LogP contribution is -2.55. The number of halogens is 7. The number of alkyl halides is 6. The number of allylic oxidation sites excluding steroid dienone is 1. The predicted molar refractivity (Wildman–Crippen MR) is 280 cm³/mol. The summed E-state index contributed by atoms with van der Waals surface area (Å²) < 4.78 is 106. The molecule has 0 radical (unpaired) electrons. The van der Waals surface area contributed by atoms with Crippen molar-refractivity contribution in [2.75, 3.05) is 60.5 Å². The number of piperazine rings is 1. The predicted octanol–water partition coefficient (Wildman–Crippen LogP) is 8.46. The van der Waals surface area contributed by atoms with Gasteiger partial charge in [-0.15, -0.1) is 11.3 Å². The number of amides is 3. The lowest BCUT2D eigenvalue weighted by Gasteiger charge is -2.34. The largest absolute Gasteiger partial charge is 0.464 e. The second-order valence-electron chi connectivity index (χ2n) is 20.2. The number of nitrogens with zero attached hydrogens (tertiary/aromatic N) is 6. The first kappa shape index (κ1) is 62.7. The molecular formula is C53H72F7N9O6S. The van der Waals surface area contributed by atoms with Crippen molar-refractivity contribution in [2.45, 2.75) is 123 Å². The van der Waals surface area contributed by atoms with E-state index in [1.165, 1.54) is 29.4 Å². The molecule has 420 valence electrons. The lowest BCUT2D eigenvalue weighted by molar-refractivity contribution is -0.154. The molecule has 1 aliphatic carbocycles. The number of methoxy groups -OCH3 is 1. The molecule has 2 aromatic heterocycles. The number of likely N-dealkylation sites (N-methyl/N-ethyl adjacent to an activating group) is 1. The van der Waals surface area contributed by atoms with Gasteiger partial charge in [-0.3, -0.25) is 29.2 Å². The zero-order valence-corrected chi connectivity index (χ0v) is 45.4. The number of benzene rings is 1. The quantitative estimate of drug-likeness (QED) is 0.0587. The third kappa shape index (κ3) is 19.9. The van der Waals surface area contributed by atoms with Crippen molar-refractivity contribution in [3.8, 4) is 23.1 Å². The smallest absolute Gasteiger partial charge is 0.457 e. The van der Waals surface area contributed by atoms with Gasteiger partial charge in [0.1, 0.15) is 18.4 Å². The molecular weight excluding hydrogens is 1020 g/mol. The number of primary amides is 1. The Labute approximate surface area is 444 Å². The zero-order chi connectivity index (χ0) is 56.5. The Kier molecular flexibility index (Phi) is 23.5. The molecule has 1 aromatic carbocycles. The molecule has 5 heterocycles. The average Bonchev–Trinajstić information content (AvgIpc) is 3.90. The summed E-state index contributed by atoms with van der Waals surface area (Å²) in [5.41, 5.74) is 9.25. The van der Waals surface area contributed by atoms with Crippen molar-refractivity contribution >= 4 is 58.7 Å². The molecule has 23 heteroatoms. The Morgan fingerprint density at radius 3 is 2.30 bits per heavy atom. The normalized spacial score (nSPS) is 19.1. The topological polar surface area (TPSA) is 177 Å². The molecule has 76 heavy (non-hydrogen) atoms. The number of thiazole rings is 1. The molecule has 1 saturated carbocycles. The van der Waals surface area contributed by atoms with E-state index in [1.807, 2.05) is 34.7 Å². The van der Waals surface area contributed by atoms with Gasteiger partial charge in [-0.2, -0.15) is 26.3 Å². The Bertz CT molecular complexity index is 2590. The minimum Gasteiger partial charge on any atom is -0.464 e. The number of aromatic nitrogens is 2. The van der Waals surface area contributed by atoms with Crippen LogP contribution in [0, 0.1) is 34.9 Å². The Morgan fingerprint density at radius 2 is 1.75 bits per heavy atom. The zero-order valence-electron chi connectivity index (χ0n) is 44.6. The number of fused-ring (bicyclic) bond motifs is 6. The number of aryl methyl sites for hydroxylation is 1. The van der Waals surface area contributed by atoms with Crippen LogP contribution in [0.3, 0.4) is 0 Å². The first-order chi connectivity index (χ1) is 35.6. The van der Waals surface area contributed by atoms with Crippen LogP contribution in [0.4, 0.5) is 30.7 Å². The summed E-state index contributed by atoms with van der Waals surface area (Å²) in [6.07, 6.45) is -0.949. The molecule has 7 rings (SSSR count). The monoisotopic (exact) mass is 1100 g/mol. The Morgan fingerprint density at radius 1 is 1.08 bits per heavy atom. The Balaban J connectivity index is 0.000000496. The number of rotatable bonds is 10.